The molecular formula is C12H21NO4. The van der Waals surface area contributed by atoms with Crippen molar-refractivity contribution in [2.24, 2.45) is 5.92 Å². The van der Waals surface area contributed by atoms with Crippen molar-refractivity contribution >= 4 is 11.9 Å². The van der Waals surface area contributed by atoms with E-state index in [-0.39, 0.29) is 24.3 Å². The lowest BCUT2D eigenvalue weighted by atomic mass is 10.0. The first kappa shape index (κ1) is 14.0. The number of hydrogen-bond donors (Lipinski definition) is 2. The van der Waals surface area contributed by atoms with Gasteiger partial charge in [-0.15, -0.1) is 0 Å². The van der Waals surface area contributed by atoms with E-state index in [1.165, 1.54) is 0 Å². The molecule has 17 heavy (non-hydrogen) atoms. The van der Waals surface area contributed by atoms with Crippen molar-refractivity contribution in [1.82, 2.24) is 5.32 Å². The molecule has 5 nitrogen and oxygen atoms in total. The standard InChI is InChI=1S/C12H21NO4/c1-9-10(6-8-17-9)12(16)13-7-4-2-3-5-11(14)15/h9-10H,2-8H2,1H3,(H,13,16)(H,14,15). The van der Waals surface area contributed by atoms with Crippen LogP contribution in [0.4, 0.5) is 0 Å². The third kappa shape index (κ3) is 5.17. The molecule has 0 saturated carbocycles. The maximum Gasteiger partial charge on any atom is 0.303 e. The number of hydrogen-bond acceptors (Lipinski definition) is 3. The molecule has 0 aromatic heterocycles. The molecule has 1 amide bonds. The van der Waals surface area contributed by atoms with Crippen molar-refractivity contribution in [2.45, 2.75) is 45.1 Å². The normalized spacial score (nSPS) is 23.6. The van der Waals surface area contributed by atoms with Crippen LogP contribution < -0.4 is 5.32 Å². The van der Waals surface area contributed by atoms with Crippen LogP contribution >= 0.6 is 0 Å². The third-order valence-corrected chi connectivity index (χ3v) is 3.08. The van der Waals surface area contributed by atoms with E-state index in [1.54, 1.807) is 0 Å². The van der Waals surface area contributed by atoms with E-state index < -0.39 is 5.97 Å². The van der Waals surface area contributed by atoms with Crippen LogP contribution in [-0.2, 0) is 14.3 Å². The fourth-order valence-corrected chi connectivity index (χ4v) is 2.00. The number of carbonyl (C=O) groups is 2. The van der Waals surface area contributed by atoms with Gasteiger partial charge in [0.1, 0.15) is 0 Å². The van der Waals surface area contributed by atoms with E-state index in [9.17, 15) is 9.59 Å². The molecule has 0 aromatic carbocycles. The first-order valence-electron chi connectivity index (χ1n) is 6.22. The largest absolute Gasteiger partial charge is 0.481 e. The lowest BCUT2D eigenvalue weighted by molar-refractivity contribution is -0.137. The molecule has 5 heteroatoms. The monoisotopic (exact) mass is 243 g/mol. The second-order valence-corrected chi connectivity index (χ2v) is 4.47. The third-order valence-electron chi connectivity index (χ3n) is 3.08. The van der Waals surface area contributed by atoms with Gasteiger partial charge in [0, 0.05) is 19.6 Å². The van der Waals surface area contributed by atoms with E-state index >= 15 is 0 Å². The highest BCUT2D eigenvalue weighted by molar-refractivity contribution is 5.79. The summed E-state index contributed by atoms with van der Waals surface area (Å²) in [7, 11) is 0. The van der Waals surface area contributed by atoms with Gasteiger partial charge in [-0.1, -0.05) is 6.42 Å². The van der Waals surface area contributed by atoms with E-state index in [4.69, 9.17) is 9.84 Å². The van der Waals surface area contributed by atoms with Crippen LogP contribution in [0, 0.1) is 5.92 Å². The quantitative estimate of drug-likeness (QED) is 0.658. The Hall–Kier alpha value is -1.10. The van der Waals surface area contributed by atoms with E-state index in [2.05, 4.69) is 5.32 Å². The van der Waals surface area contributed by atoms with Crippen molar-refractivity contribution in [1.29, 1.82) is 0 Å². The Morgan fingerprint density at radius 2 is 2.12 bits per heavy atom. The molecule has 1 saturated heterocycles. The highest BCUT2D eigenvalue weighted by Gasteiger charge is 2.30. The van der Waals surface area contributed by atoms with Gasteiger partial charge in [0.25, 0.3) is 0 Å². The van der Waals surface area contributed by atoms with Crippen molar-refractivity contribution in [3.63, 3.8) is 0 Å². The number of carbonyl (C=O) groups excluding carboxylic acids is 1. The average Bonchev–Trinajstić information content (AvgIpc) is 2.69. The van der Waals surface area contributed by atoms with Crippen LogP contribution in [0.1, 0.15) is 39.0 Å². The zero-order valence-corrected chi connectivity index (χ0v) is 10.3. The molecule has 0 radical (unpaired) electrons. The fourth-order valence-electron chi connectivity index (χ4n) is 2.00. The molecule has 2 atom stereocenters. The first-order valence-corrected chi connectivity index (χ1v) is 6.22. The second kappa shape index (κ2) is 7.27. The van der Waals surface area contributed by atoms with Crippen LogP contribution in [0.3, 0.4) is 0 Å². The van der Waals surface area contributed by atoms with Crippen molar-refractivity contribution < 1.29 is 19.4 Å². The van der Waals surface area contributed by atoms with Gasteiger partial charge < -0.3 is 15.2 Å². The summed E-state index contributed by atoms with van der Waals surface area (Å²) in [6, 6.07) is 0. The number of nitrogens with one attached hydrogen (secondary N) is 1. The highest BCUT2D eigenvalue weighted by Crippen LogP contribution is 2.20. The molecule has 1 aliphatic heterocycles. The SMILES string of the molecule is CC1OCCC1C(=O)NCCCCCC(=O)O. The van der Waals surface area contributed by atoms with E-state index in [0.29, 0.717) is 19.6 Å². The Labute approximate surface area is 102 Å². The lowest BCUT2D eigenvalue weighted by Gasteiger charge is -2.13. The molecule has 0 bridgehead atoms. The topological polar surface area (TPSA) is 75.6 Å². The number of ether oxygens (including phenoxy) is 1. The number of carboxylic acids is 1. The number of aliphatic carboxylic acids is 1. The Morgan fingerprint density at radius 3 is 2.71 bits per heavy atom. The van der Waals surface area contributed by atoms with Crippen LogP contribution in [-0.4, -0.2) is 36.2 Å². The first-order chi connectivity index (χ1) is 8.11. The summed E-state index contributed by atoms with van der Waals surface area (Å²) in [5.41, 5.74) is 0. The second-order valence-electron chi connectivity index (χ2n) is 4.47. The molecule has 0 aliphatic carbocycles. The Morgan fingerprint density at radius 1 is 1.35 bits per heavy atom. The summed E-state index contributed by atoms with van der Waals surface area (Å²) in [4.78, 5) is 22.0. The van der Waals surface area contributed by atoms with Crippen LogP contribution in [0.5, 0.6) is 0 Å². The fraction of sp³-hybridized carbons (Fsp3) is 0.833. The molecule has 1 fully saturated rings. The Balaban J connectivity index is 2.02. The zero-order chi connectivity index (χ0) is 12.7. The van der Waals surface area contributed by atoms with E-state index in [1.807, 2.05) is 6.92 Å². The predicted octanol–water partition coefficient (Wildman–Crippen LogP) is 1.17. The summed E-state index contributed by atoms with van der Waals surface area (Å²) in [6.07, 6.45) is 3.37. The van der Waals surface area contributed by atoms with Gasteiger partial charge in [-0.2, -0.15) is 0 Å². The predicted molar refractivity (Wildman–Crippen MR) is 62.6 cm³/mol. The van der Waals surface area contributed by atoms with Gasteiger partial charge in [0.2, 0.25) is 5.91 Å². The van der Waals surface area contributed by atoms with Gasteiger partial charge in [0.15, 0.2) is 0 Å². The Bertz CT molecular complexity index is 267. The molecule has 0 aromatic rings. The summed E-state index contributed by atoms with van der Waals surface area (Å²) in [5, 5.41) is 11.3. The molecular weight excluding hydrogens is 222 g/mol. The maximum absolute atomic E-state index is 11.7. The van der Waals surface area contributed by atoms with E-state index in [0.717, 1.165) is 19.3 Å². The summed E-state index contributed by atoms with van der Waals surface area (Å²) in [5.74, 6) is -0.715. The van der Waals surface area contributed by atoms with Gasteiger partial charge in [0.05, 0.1) is 12.0 Å². The van der Waals surface area contributed by atoms with Crippen LogP contribution in [0.25, 0.3) is 0 Å². The van der Waals surface area contributed by atoms with Crippen molar-refractivity contribution in [3.05, 3.63) is 0 Å². The highest BCUT2D eigenvalue weighted by atomic mass is 16.5. The summed E-state index contributed by atoms with van der Waals surface area (Å²) < 4.78 is 5.33. The lowest BCUT2D eigenvalue weighted by Crippen LogP contribution is -2.34. The average molecular weight is 243 g/mol. The number of rotatable bonds is 7. The molecule has 1 aliphatic rings. The number of unbranched alkanes of at least 4 members (excludes halogenated alkanes) is 2. The minimum Gasteiger partial charge on any atom is -0.481 e. The smallest absolute Gasteiger partial charge is 0.303 e. The van der Waals surface area contributed by atoms with Gasteiger partial charge in [-0.05, 0) is 26.2 Å². The van der Waals surface area contributed by atoms with Gasteiger partial charge in [-0.3, -0.25) is 9.59 Å². The minimum absolute atomic E-state index is 0.0158. The van der Waals surface area contributed by atoms with Gasteiger partial charge in [-0.25, -0.2) is 0 Å². The number of amides is 1. The molecule has 0 spiro atoms. The summed E-state index contributed by atoms with van der Waals surface area (Å²) >= 11 is 0. The minimum atomic E-state index is -0.758. The molecule has 1 heterocycles. The molecule has 2 unspecified atom stereocenters. The van der Waals surface area contributed by atoms with Crippen LogP contribution in [0.15, 0.2) is 0 Å². The Kier molecular flexibility index (Phi) is 5.97. The zero-order valence-electron chi connectivity index (χ0n) is 10.3. The van der Waals surface area contributed by atoms with Crippen LogP contribution in [0.2, 0.25) is 0 Å². The van der Waals surface area contributed by atoms with Crippen molar-refractivity contribution in [2.75, 3.05) is 13.2 Å². The molecule has 1 rings (SSSR count). The maximum atomic E-state index is 11.7. The molecule has 98 valence electrons. The van der Waals surface area contributed by atoms with Gasteiger partial charge >= 0.3 is 5.97 Å². The summed E-state index contributed by atoms with van der Waals surface area (Å²) in [6.45, 7) is 3.21. The molecule has 2 N–H and O–H groups in total. The van der Waals surface area contributed by atoms with Crippen molar-refractivity contribution in [3.8, 4) is 0 Å². The number of carboxylic acid groups (broad SMARTS) is 1.